The Labute approximate surface area is 777 Å². The van der Waals surface area contributed by atoms with Crippen LogP contribution in [0.1, 0.15) is 125 Å². The number of rotatable bonds is 21. The van der Waals surface area contributed by atoms with Crippen LogP contribution in [-0.4, -0.2) is 149 Å². The third-order valence-corrected chi connectivity index (χ3v) is 25.7. The number of anilines is 5. The van der Waals surface area contributed by atoms with E-state index in [0.29, 0.717) is 54.3 Å². The molecule has 8 N–H and O–H groups in total. The maximum atomic E-state index is 15.7. The van der Waals surface area contributed by atoms with E-state index >= 15 is 35.1 Å². The molecule has 6 amide bonds. The zero-order chi connectivity index (χ0) is 98.5. The molecule has 0 saturated carbocycles. The number of carbonyl (C=O) groups is 6. The molecule has 40 heteroatoms. The van der Waals surface area contributed by atoms with Crippen LogP contribution >= 0.6 is 22.7 Å². The fourth-order valence-electron chi connectivity index (χ4n) is 16.2. The van der Waals surface area contributed by atoms with E-state index in [-0.39, 0.29) is 126 Å². The molecule has 718 valence electrons. The number of aliphatic hydroxyl groups excluding tert-OH is 1. The molecule has 10 aromatic rings. The molecule has 136 heavy (non-hydrogen) atoms. The van der Waals surface area contributed by atoms with Gasteiger partial charge in [-0.1, -0.05) is 19.7 Å². The average Bonchev–Trinajstić information content (AvgIpc) is 0.823. The lowest BCUT2D eigenvalue weighted by molar-refractivity contribution is -0.160. The number of hydrogen-bond donors (Lipinski definition) is 8. The molecule has 0 spiro atoms. The predicted molar refractivity (Wildman–Crippen MR) is 476 cm³/mol. The van der Waals surface area contributed by atoms with Crippen molar-refractivity contribution < 1.29 is 118 Å². The predicted octanol–water partition coefficient (Wildman–Crippen LogP) is 19.1. The number of aryl methyl sites for hydroxylation is 5. The molecule has 6 aliphatic heterocycles. The first-order valence-electron chi connectivity index (χ1n) is 42.3. The van der Waals surface area contributed by atoms with Gasteiger partial charge in [-0.3, -0.25) is 24.0 Å². The smallest absolute Gasteiger partial charge is 0.407 e. The van der Waals surface area contributed by atoms with Crippen molar-refractivity contribution in [1.29, 1.82) is 0 Å². The van der Waals surface area contributed by atoms with Gasteiger partial charge in [0.2, 0.25) is 0 Å². The summed E-state index contributed by atoms with van der Waals surface area (Å²) >= 11 is 2.71. The maximum absolute atomic E-state index is 15.7. The minimum absolute atomic E-state index is 0.0643. The van der Waals surface area contributed by atoms with Gasteiger partial charge in [0.1, 0.15) is 46.5 Å². The number of ether oxygens (including phenoxy) is 3. The molecule has 4 bridgehead atoms. The summed E-state index contributed by atoms with van der Waals surface area (Å²) in [5.74, 6) is -27.6. The van der Waals surface area contributed by atoms with Gasteiger partial charge in [0, 0.05) is 112 Å². The van der Waals surface area contributed by atoms with Gasteiger partial charge < -0.3 is 71.2 Å². The molecule has 4 saturated heterocycles. The normalized spacial score (nSPS) is 17.8. The van der Waals surface area contributed by atoms with Gasteiger partial charge in [0.15, 0.2) is 5.13 Å². The van der Waals surface area contributed by atoms with Crippen LogP contribution in [0, 0.1) is 93.0 Å². The number of alkyl halides is 8. The third kappa shape index (κ3) is 22.7. The molecule has 4 fully saturated rings. The highest BCUT2D eigenvalue weighted by molar-refractivity contribution is 7.15. The number of carbonyl (C=O) groups excluding carboxylic acids is 6. The standard InChI is InChI=1S/C26H27F4N3O4.C24H24F4N2O3.C23H20F4N4OS.C23H19F4N3O2S/c1-14-8-17(5-7-22(14)27)31-24(34)16-4-6-23(28)21(9-16)26(29,30)15(2)33-19-10-18(32-25(35)36-3)11-20(33)13-37-12-19;1-13-7-18(4-6-20(13)25)29-23(32)15-3-5-21(26)19(8-15)24(27,28)14(2)30-9-16-11-33-12-17(10-30)22(16)31;1-12-9-15(4-6-17(12)24)30-21(32)14-3-5-18(25)16(10-14)23(26,27)13(2)29-22-31-19-11-28-8-7-20(19)33-22;1-12-9-15(4-6-17(12)24)29-21(31)14-3-5-18(25)16(10-14)23(26,27)22(32)30-8-7-20-19(11-30)28-13(2)33-20/h4-9,18-20H,2,10-13H2,1,3H3,(H,31,34)(H,32,35);3-8,16-17,22,31H,2,9-12H2,1H3,(H,29,32);3-6,9-10,28H,2,7-8,11H2,1H3,(H,29,31)(H,30,32);3-6,9-10H,7-8,11H2,1-2H3,(H,29,31)/t18?,19-,20+;;;. The van der Waals surface area contributed by atoms with Crippen molar-refractivity contribution in [1.82, 2.24) is 35.3 Å². The zero-order valence-corrected chi connectivity index (χ0v) is 75.2. The lowest BCUT2D eigenvalue weighted by atomic mass is 9.84. The number of methoxy groups -OCH3 is 1. The number of allylic oxidation sites excluding steroid dienone is 3. The summed E-state index contributed by atoms with van der Waals surface area (Å²) in [6.45, 7) is 20.7. The van der Waals surface area contributed by atoms with Crippen molar-refractivity contribution in [2.45, 2.75) is 121 Å². The fourth-order valence-corrected chi connectivity index (χ4v) is 18.1. The Kier molecular flexibility index (Phi) is 30.8. The van der Waals surface area contributed by atoms with Gasteiger partial charge in [-0.25, -0.2) is 49.9 Å². The van der Waals surface area contributed by atoms with Gasteiger partial charge in [-0.15, -0.1) is 22.7 Å². The number of aliphatic hydroxyl groups is 1. The number of benzene rings is 8. The lowest BCUT2D eigenvalue weighted by Crippen LogP contribution is -2.61. The molecule has 2 aromatic heterocycles. The Morgan fingerprint density at radius 1 is 0.463 bits per heavy atom. The van der Waals surface area contributed by atoms with E-state index in [1.54, 1.807) is 6.92 Å². The van der Waals surface area contributed by atoms with Gasteiger partial charge in [0.05, 0.1) is 114 Å². The fraction of sp³-hybridized carbons (Fsp3) is 0.312. The van der Waals surface area contributed by atoms with Crippen LogP contribution in [0.15, 0.2) is 182 Å². The number of piperidine rings is 2. The third-order valence-electron chi connectivity index (χ3n) is 23.5. The number of likely N-dealkylation sites (tertiary alicyclic amines) is 1. The van der Waals surface area contributed by atoms with Crippen LogP contribution in [0.25, 0.3) is 0 Å². The van der Waals surface area contributed by atoms with Crippen LogP contribution in [0.2, 0.25) is 0 Å². The first-order valence-corrected chi connectivity index (χ1v) is 43.9. The molecule has 8 heterocycles. The summed E-state index contributed by atoms with van der Waals surface area (Å²) in [6, 6.07) is 24.7. The molecule has 5 atom stereocenters. The Balaban J connectivity index is 0.000000154. The molecule has 3 unspecified atom stereocenters. The van der Waals surface area contributed by atoms with E-state index < -0.39 is 163 Å². The number of halogens is 16. The minimum atomic E-state index is -4.19. The Bertz CT molecular complexity index is 6250. The molecular weight excluding hydrogens is 1850 g/mol. The number of thiazole rings is 2. The molecule has 6 aliphatic rings. The first-order chi connectivity index (χ1) is 64.3. The number of alkyl carbamates (subject to hydrolysis) is 1. The molecule has 16 rings (SSSR count). The molecule has 0 aliphatic carbocycles. The molecular formula is C96H90F16N12O10S2. The second kappa shape index (κ2) is 41.7. The lowest BCUT2D eigenvalue weighted by Gasteiger charge is -2.51. The van der Waals surface area contributed by atoms with Crippen molar-refractivity contribution in [2.24, 2.45) is 11.8 Å². The molecule has 0 radical (unpaired) electrons. The Hall–Kier alpha value is -13.0. The van der Waals surface area contributed by atoms with Crippen molar-refractivity contribution >= 4 is 86.2 Å². The van der Waals surface area contributed by atoms with Crippen molar-refractivity contribution in [3.63, 3.8) is 0 Å². The topological polar surface area (TPSA) is 270 Å². The minimum Gasteiger partial charge on any atom is -0.453 e. The highest BCUT2D eigenvalue weighted by Crippen LogP contribution is 2.47. The number of hydrogen-bond acceptors (Lipinski definition) is 18. The van der Waals surface area contributed by atoms with E-state index in [0.717, 1.165) is 111 Å². The largest absolute Gasteiger partial charge is 0.453 e. The molecule has 8 aromatic carbocycles. The highest BCUT2D eigenvalue weighted by Gasteiger charge is 2.52. The number of morpholine rings is 1. The van der Waals surface area contributed by atoms with Crippen LogP contribution < -0.4 is 37.2 Å². The summed E-state index contributed by atoms with van der Waals surface area (Å²) in [6.07, 6.45) is 0.498. The second-order valence-electron chi connectivity index (χ2n) is 33.2. The van der Waals surface area contributed by atoms with Gasteiger partial charge in [-0.2, -0.15) is 35.1 Å². The monoisotopic (exact) mass is 1940 g/mol. The van der Waals surface area contributed by atoms with Crippen LogP contribution in [0.5, 0.6) is 0 Å². The van der Waals surface area contributed by atoms with E-state index in [1.165, 1.54) is 134 Å². The quantitative estimate of drug-likeness (QED) is 0.0311. The van der Waals surface area contributed by atoms with Gasteiger partial charge >= 0.3 is 29.8 Å². The number of amides is 6. The number of fused-ring (bicyclic) bond motifs is 6. The van der Waals surface area contributed by atoms with Crippen molar-refractivity contribution in [3.8, 4) is 0 Å². The van der Waals surface area contributed by atoms with Gasteiger partial charge in [-0.05, 0) is 222 Å². The average molecular weight is 1940 g/mol. The number of nitrogens with zero attached hydrogens (tertiary/aromatic N) is 5. The first kappa shape index (κ1) is 100. The van der Waals surface area contributed by atoms with E-state index in [9.17, 15) is 69.0 Å². The summed E-state index contributed by atoms with van der Waals surface area (Å²) in [5.41, 5.74) is -3.34. The number of aromatic nitrogens is 2. The molecule has 22 nitrogen and oxygen atoms in total. The van der Waals surface area contributed by atoms with Crippen LogP contribution in [0.3, 0.4) is 0 Å². The van der Waals surface area contributed by atoms with E-state index in [2.05, 4.69) is 71.7 Å². The van der Waals surface area contributed by atoms with E-state index in [4.69, 9.17) is 9.47 Å². The second-order valence-corrected chi connectivity index (χ2v) is 35.5. The highest BCUT2D eigenvalue weighted by atomic mass is 32.1. The van der Waals surface area contributed by atoms with Gasteiger partial charge in [0.25, 0.3) is 29.5 Å². The van der Waals surface area contributed by atoms with Crippen molar-refractivity contribution in [2.75, 3.05) is 86.3 Å². The van der Waals surface area contributed by atoms with Crippen LogP contribution in [-0.2, 0) is 68.6 Å². The summed E-state index contributed by atoms with van der Waals surface area (Å²) in [5, 5.41) is 29.6. The SMILES string of the molecule is C=C(N1CC2COCC(C1)C2O)C(F)(F)c1cc(C(=O)Nc2ccc(F)c(C)c2)ccc1F.C=C(N1[C@@H]2COC[C@H]1CC(NC(=O)OC)C2)C(F)(F)c1cc(C(=O)Nc2ccc(F)c(C)c2)ccc1F.C=C(Nc1nc2c(s1)CCNC2)C(F)(F)c1cc(C(=O)Nc2ccc(F)c(C)c2)ccc1F.Cc1nc2c(s1)CCN(C(=O)C(F)(F)c1cc(C(=O)Nc3ccc(F)c(C)c3)ccc1F)C2. The summed E-state index contributed by atoms with van der Waals surface area (Å²) in [7, 11) is 1.24. The van der Waals surface area contributed by atoms with Crippen molar-refractivity contribution in [3.05, 3.63) is 322 Å². The van der Waals surface area contributed by atoms with Crippen LogP contribution in [0.4, 0.5) is 103 Å². The van der Waals surface area contributed by atoms with E-state index in [1.807, 2.05) is 0 Å². The maximum Gasteiger partial charge on any atom is 0.407 e. The zero-order valence-electron chi connectivity index (χ0n) is 73.6. The summed E-state index contributed by atoms with van der Waals surface area (Å²) in [4.78, 5) is 89.0. The Morgan fingerprint density at radius 3 is 1.25 bits per heavy atom. The summed E-state index contributed by atoms with van der Waals surface area (Å²) < 4.78 is 250. The Morgan fingerprint density at radius 2 is 0.846 bits per heavy atom. The number of nitrogens with one attached hydrogen (secondary N) is 7.